The van der Waals surface area contributed by atoms with Crippen LogP contribution in [0, 0.1) is 6.92 Å². The van der Waals surface area contributed by atoms with Crippen LogP contribution < -0.4 is 10.5 Å². The van der Waals surface area contributed by atoms with Gasteiger partial charge in [-0.25, -0.2) is 4.98 Å². The molecular formula is C21H25N5O2S2. The van der Waals surface area contributed by atoms with Gasteiger partial charge >= 0.3 is 0 Å². The number of hydrogen-bond donors (Lipinski definition) is 0. The molecule has 0 saturated carbocycles. The molecule has 7 nitrogen and oxygen atoms in total. The number of anilines is 1. The zero-order chi connectivity index (χ0) is 21.4. The summed E-state index contributed by atoms with van der Waals surface area (Å²) in [6, 6.07) is 3.81. The molecule has 0 radical (unpaired) electrons. The van der Waals surface area contributed by atoms with Crippen molar-refractivity contribution >= 4 is 51.7 Å². The van der Waals surface area contributed by atoms with E-state index in [2.05, 4.69) is 16.8 Å². The Morgan fingerprint density at radius 1 is 1.20 bits per heavy atom. The van der Waals surface area contributed by atoms with Crippen molar-refractivity contribution in [2.75, 3.05) is 44.7 Å². The lowest BCUT2D eigenvalue weighted by Crippen LogP contribution is -2.45. The topological polar surface area (TPSA) is 61.2 Å². The number of piperazine rings is 1. The van der Waals surface area contributed by atoms with Crippen molar-refractivity contribution in [1.29, 1.82) is 0 Å². The molecule has 158 valence electrons. The minimum absolute atomic E-state index is 0.134. The van der Waals surface area contributed by atoms with Crippen LogP contribution in [0.1, 0.15) is 24.5 Å². The van der Waals surface area contributed by atoms with E-state index in [-0.39, 0.29) is 11.5 Å². The van der Waals surface area contributed by atoms with Crippen LogP contribution in [-0.2, 0) is 4.79 Å². The van der Waals surface area contributed by atoms with Gasteiger partial charge in [-0.05, 0) is 38.1 Å². The van der Waals surface area contributed by atoms with Crippen LogP contribution in [0.5, 0.6) is 0 Å². The van der Waals surface area contributed by atoms with E-state index in [0.717, 1.165) is 38.2 Å². The third kappa shape index (κ3) is 3.89. The van der Waals surface area contributed by atoms with Crippen LogP contribution in [0.3, 0.4) is 0 Å². The number of fused-ring (bicyclic) bond motifs is 1. The van der Waals surface area contributed by atoms with Crippen molar-refractivity contribution in [3.63, 3.8) is 0 Å². The summed E-state index contributed by atoms with van der Waals surface area (Å²) in [6.07, 6.45) is 4.30. The minimum atomic E-state index is -0.168. The summed E-state index contributed by atoms with van der Waals surface area (Å²) in [6.45, 7) is 7.89. The van der Waals surface area contributed by atoms with E-state index in [4.69, 9.17) is 17.2 Å². The second kappa shape index (κ2) is 8.49. The maximum absolute atomic E-state index is 13.5. The number of thioether (sulfide) groups is 1. The van der Waals surface area contributed by atoms with Crippen LogP contribution in [0.2, 0.25) is 0 Å². The highest BCUT2D eigenvalue weighted by Crippen LogP contribution is 2.33. The lowest BCUT2D eigenvalue weighted by atomic mass is 10.2. The van der Waals surface area contributed by atoms with E-state index in [0.29, 0.717) is 32.8 Å². The van der Waals surface area contributed by atoms with E-state index < -0.39 is 0 Å². The zero-order valence-electron chi connectivity index (χ0n) is 17.4. The van der Waals surface area contributed by atoms with Gasteiger partial charge in [-0.3, -0.25) is 18.9 Å². The number of pyridine rings is 1. The van der Waals surface area contributed by atoms with Crippen molar-refractivity contribution in [3.8, 4) is 0 Å². The van der Waals surface area contributed by atoms with Crippen LogP contribution in [0.15, 0.2) is 28.0 Å². The number of aromatic nitrogens is 2. The molecule has 0 aliphatic carbocycles. The van der Waals surface area contributed by atoms with E-state index in [1.54, 1.807) is 21.6 Å². The lowest BCUT2D eigenvalue weighted by molar-refractivity contribution is -0.122. The maximum atomic E-state index is 13.5. The quantitative estimate of drug-likeness (QED) is 0.531. The van der Waals surface area contributed by atoms with Gasteiger partial charge in [0.2, 0.25) is 0 Å². The van der Waals surface area contributed by atoms with Gasteiger partial charge in [-0.2, -0.15) is 0 Å². The van der Waals surface area contributed by atoms with E-state index in [9.17, 15) is 9.59 Å². The van der Waals surface area contributed by atoms with Gasteiger partial charge in [0.05, 0.1) is 10.5 Å². The first kappa shape index (κ1) is 21.0. The molecule has 30 heavy (non-hydrogen) atoms. The summed E-state index contributed by atoms with van der Waals surface area (Å²) < 4.78 is 2.10. The fraction of sp³-hybridized carbons (Fsp3) is 0.429. The van der Waals surface area contributed by atoms with Crippen molar-refractivity contribution in [2.45, 2.75) is 20.3 Å². The molecule has 4 heterocycles. The fourth-order valence-electron chi connectivity index (χ4n) is 3.68. The molecule has 0 spiro atoms. The van der Waals surface area contributed by atoms with Crippen molar-refractivity contribution in [2.24, 2.45) is 0 Å². The number of likely N-dealkylation sites (N-methyl/N-ethyl adjacent to an activating group) is 1. The first-order valence-corrected chi connectivity index (χ1v) is 11.3. The predicted molar refractivity (Wildman–Crippen MR) is 126 cm³/mol. The van der Waals surface area contributed by atoms with Crippen LogP contribution in [0.25, 0.3) is 11.7 Å². The van der Waals surface area contributed by atoms with E-state index >= 15 is 0 Å². The Hall–Kier alpha value is -2.23. The Morgan fingerprint density at radius 3 is 2.63 bits per heavy atom. The third-order valence-corrected chi connectivity index (χ3v) is 6.76. The fourth-order valence-corrected chi connectivity index (χ4v) is 4.97. The average Bonchev–Trinajstić information content (AvgIpc) is 2.99. The SMILES string of the molecule is CCCN1C(=O)/C(=C\c2c(N3CCN(C)CC3)nc3ccc(C)cn3c2=O)SC1=S. The zero-order valence-corrected chi connectivity index (χ0v) is 19.1. The first-order chi connectivity index (χ1) is 14.4. The normalized spacial score (nSPS) is 19.5. The number of carbonyl (C=O) groups is 1. The van der Waals surface area contributed by atoms with Gasteiger partial charge in [0, 0.05) is 38.9 Å². The highest BCUT2D eigenvalue weighted by atomic mass is 32.2. The number of carbonyl (C=O) groups excluding carboxylic acids is 1. The van der Waals surface area contributed by atoms with Gasteiger partial charge < -0.3 is 9.80 Å². The molecule has 2 aliphatic rings. The van der Waals surface area contributed by atoms with Crippen LogP contribution >= 0.6 is 24.0 Å². The Bertz CT molecular complexity index is 1100. The summed E-state index contributed by atoms with van der Waals surface area (Å²) >= 11 is 6.64. The molecule has 2 aromatic rings. The molecule has 0 bridgehead atoms. The highest BCUT2D eigenvalue weighted by Gasteiger charge is 2.32. The third-order valence-electron chi connectivity index (χ3n) is 5.38. The molecule has 2 aliphatic heterocycles. The molecule has 2 saturated heterocycles. The number of hydrogen-bond acceptors (Lipinski definition) is 7. The van der Waals surface area contributed by atoms with Crippen molar-refractivity contribution in [3.05, 3.63) is 44.7 Å². The monoisotopic (exact) mass is 443 g/mol. The molecule has 2 fully saturated rings. The van der Waals surface area contributed by atoms with Gasteiger partial charge in [0.15, 0.2) is 0 Å². The molecule has 0 unspecified atom stereocenters. The molecule has 2 aromatic heterocycles. The number of rotatable bonds is 4. The molecule has 0 atom stereocenters. The van der Waals surface area contributed by atoms with Crippen LogP contribution in [0.4, 0.5) is 5.82 Å². The molecule has 9 heteroatoms. The van der Waals surface area contributed by atoms with Gasteiger partial charge in [0.25, 0.3) is 11.5 Å². The summed E-state index contributed by atoms with van der Waals surface area (Å²) in [7, 11) is 2.09. The van der Waals surface area contributed by atoms with Gasteiger partial charge in [0.1, 0.15) is 15.8 Å². The van der Waals surface area contributed by atoms with Crippen molar-refractivity contribution in [1.82, 2.24) is 19.2 Å². The Kier molecular flexibility index (Phi) is 5.95. The maximum Gasteiger partial charge on any atom is 0.267 e. The minimum Gasteiger partial charge on any atom is -0.353 e. The summed E-state index contributed by atoms with van der Waals surface area (Å²) in [5.41, 5.74) is 1.85. The lowest BCUT2D eigenvalue weighted by Gasteiger charge is -2.34. The second-order valence-electron chi connectivity index (χ2n) is 7.71. The molecular weight excluding hydrogens is 418 g/mol. The van der Waals surface area contributed by atoms with E-state index in [1.165, 1.54) is 11.8 Å². The van der Waals surface area contributed by atoms with Crippen molar-refractivity contribution < 1.29 is 4.79 Å². The number of amides is 1. The number of aryl methyl sites for hydroxylation is 1. The molecule has 0 N–H and O–H groups in total. The Balaban J connectivity index is 1.86. The molecule has 4 rings (SSSR count). The van der Waals surface area contributed by atoms with Gasteiger partial charge in [-0.15, -0.1) is 0 Å². The molecule has 1 amide bonds. The summed E-state index contributed by atoms with van der Waals surface area (Å²) in [5.74, 6) is 0.502. The largest absolute Gasteiger partial charge is 0.353 e. The summed E-state index contributed by atoms with van der Waals surface area (Å²) in [4.78, 5) is 37.6. The standard InChI is InChI=1S/C21H25N5O2S2/c1-4-7-25-20(28)16(30-21(25)29)12-15-18(24-10-8-23(3)9-11-24)22-17-6-5-14(2)13-26(17)19(15)27/h5-6,12-13H,4,7-11H2,1-3H3/b16-12+. The summed E-state index contributed by atoms with van der Waals surface area (Å²) in [5, 5.41) is 0. The second-order valence-corrected chi connectivity index (χ2v) is 9.39. The van der Waals surface area contributed by atoms with E-state index in [1.807, 2.05) is 26.0 Å². The number of nitrogens with zero attached hydrogens (tertiary/aromatic N) is 5. The Morgan fingerprint density at radius 2 is 1.93 bits per heavy atom. The first-order valence-electron chi connectivity index (χ1n) is 10.1. The van der Waals surface area contributed by atoms with Gasteiger partial charge in [-0.1, -0.05) is 37.0 Å². The van der Waals surface area contributed by atoms with Crippen LogP contribution in [-0.4, -0.2) is 69.2 Å². The smallest absolute Gasteiger partial charge is 0.267 e. The predicted octanol–water partition coefficient (Wildman–Crippen LogP) is 2.37. The molecule has 0 aromatic carbocycles. The number of thiocarbonyl (C=S) groups is 1. The Labute approximate surface area is 185 Å². The highest BCUT2D eigenvalue weighted by molar-refractivity contribution is 8.26. The average molecular weight is 444 g/mol.